The van der Waals surface area contributed by atoms with E-state index in [2.05, 4.69) is 14.7 Å². The van der Waals surface area contributed by atoms with Crippen LogP contribution in [-0.2, 0) is 10.0 Å². The van der Waals surface area contributed by atoms with Crippen LogP contribution >= 0.6 is 0 Å². The van der Waals surface area contributed by atoms with E-state index in [9.17, 15) is 8.42 Å². The first kappa shape index (κ1) is 17.2. The number of hydrogen-bond donors (Lipinski definition) is 1. The van der Waals surface area contributed by atoms with Crippen molar-refractivity contribution in [3.63, 3.8) is 0 Å². The molecular weight excluding hydrogens is 312 g/mol. The second-order valence-electron chi connectivity index (χ2n) is 5.84. The van der Waals surface area contributed by atoms with Gasteiger partial charge in [-0.05, 0) is 39.3 Å². The molecule has 7 heteroatoms. The van der Waals surface area contributed by atoms with E-state index in [0.29, 0.717) is 28.6 Å². The Morgan fingerprint density at radius 1 is 1.00 bits per heavy atom. The first-order valence-corrected chi connectivity index (χ1v) is 8.73. The van der Waals surface area contributed by atoms with Crippen molar-refractivity contribution in [2.45, 2.75) is 32.6 Å². The number of aryl methyl sites for hydroxylation is 4. The Morgan fingerprint density at radius 2 is 1.57 bits per heavy atom. The summed E-state index contributed by atoms with van der Waals surface area (Å²) in [6.45, 7) is 7.24. The Morgan fingerprint density at radius 3 is 2.04 bits per heavy atom. The quantitative estimate of drug-likeness (QED) is 0.930. The Bertz CT molecular complexity index is 822. The third-order valence-corrected chi connectivity index (χ3v) is 5.03. The SMILES string of the molecule is Cc1ccc(S(=O)(=O)Nc2c(C)nc(N(C)C)nc2C)c(C)c1. The number of aromatic nitrogens is 2. The highest BCUT2D eigenvalue weighted by Gasteiger charge is 2.20. The molecule has 0 spiro atoms. The zero-order valence-corrected chi connectivity index (χ0v) is 15.1. The lowest BCUT2D eigenvalue weighted by Crippen LogP contribution is -2.19. The summed E-state index contributed by atoms with van der Waals surface area (Å²) >= 11 is 0. The molecular formula is C16H22N4O2S. The van der Waals surface area contributed by atoms with Crippen molar-refractivity contribution >= 4 is 21.7 Å². The summed E-state index contributed by atoms with van der Waals surface area (Å²) in [6, 6.07) is 5.25. The fourth-order valence-corrected chi connectivity index (χ4v) is 3.74. The largest absolute Gasteiger partial charge is 0.347 e. The average molecular weight is 334 g/mol. The van der Waals surface area contributed by atoms with Crippen LogP contribution in [0, 0.1) is 27.7 Å². The molecule has 0 radical (unpaired) electrons. The molecule has 0 atom stereocenters. The topological polar surface area (TPSA) is 75.2 Å². The summed E-state index contributed by atoms with van der Waals surface area (Å²) in [5, 5.41) is 0. The third-order valence-electron chi connectivity index (χ3n) is 3.52. The van der Waals surface area contributed by atoms with Gasteiger partial charge in [-0.1, -0.05) is 17.7 Å². The second-order valence-corrected chi connectivity index (χ2v) is 7.49. The van der Waals surface area contributed by atoms with Gasteiger partial charge in [0.15, 0.2) is 0 Å². The lowest BCUT2D eigenvalue weighted by molar-refractivity contribution is 0.600. The molecule has 1 heterocycles. The summed E-state index contributed by atoms with van der Waals surface area (Å²) in [7, 11) is -0.000483. The van der Waals surface area contributed by atoms with Gasteiger partial charge >= 0.3 is 0 Å². The standard InChI is InChI=1S/C16H22N4O2S/c1-10-7-8-14(11(2)9-10)23(21,22)19-15-12(3)17-16(20(5)6)18-13(15)4/h7-9,19H,1-6H3. The lowest BCUT2D eigenvalue weighted by Gasteiger charge is -2.17. The van der Waals surface area contributed by atoms with Crippen LogP contribution in [0.5, 0.6) is 0 Å². The van der Waals surface area contributed by atoms with Gasteiger partial charge in [0.1, 0.15) is 0 Å². The zero-order chi connectivity index (χ0) is 17.4. The maximum absolute atomic E-state index is 12.7. The predicted octanol–water partition coefficient (Wildman–Crippen LogP) is 2.58. The minimum atomic E-state index is -3.68. The van der Waals surface area contributed by atoms with Gasteiger partial charge < -0.3 is 4.90 Å². The van der Waals surface area contributed by atoms with Crippen LogP contribution in [-0.4, -0.2) is 32.5 Å². The molecule has 2 rings (SSSR count). The molecule has 0 unspecified atom stereocenters. The molecule has 0 aliphatic carbocycles. The number of nitrogens with zero attached hydrogens (tertiary/aromatic N) is 3. The fourth-order valence-electron chi connectivity index (χ4n) is 2.34. The van der Waals surface area contributed by atoms with Crippen molar-refractivity contribution in [1.29, 1.82) is 0 Å². The van der Waals surface area contributed by atoms with Crippen LogP contribution < -0.4 is 9.62 Å². The van der Waals surface area contributed by atoms with Gasteiger partial charge in [0, 0.05) is 14.1 Å². The van der Waals surface area contributed by atoms with Gasteiger partial charge in [-0.25, -0.2) is 18.4 Å². The molecule has 1 aromatic heterocycles. The summed E-state index contributed by atoms with van der Waals surface area (Å²) < 4.78 is 28.0. The second kappa shape index (κ2) is 6.16. The molecule has 23 heavy (non-hydrogen) atoms. The smallest absolute Gasteiger partial charge is 0.262 e. The molecule has 1 aromatic carbocycles. The number of benzene rings is 1. The summed E-state index contributed by atoms with van der Waals surface area (Å²) in [5.74, 6) is 0.550. The van der Waals surface area contributed by atoms with Crippen molar-refractivity contribution in [3.05, 3.63) is 40.7 Å². The maximum atomic E-state index is 12.7. The van der Waals surface area contributed by atoms with Crippen molar-refractivity contribution < 1.29 is 8.42 Å². The van der Waals surface area contributed by atoms with Gasteiger partial charge in [0.05, 0.1) is 22.0 Å². The Kier molecular flexibility index (Phi) is 4.61. The van der Waals surface area contributed by atoms with E-state index < -0.39 is 10.0 Å². The molecule has 0 aliphatic heterocycles. The van der Waals surface area contributed by atoms with Gasteiger partial charge in [-0.2, -0.15) is 0 Å². The van der Waals surface area contributed by atoms with Gasteiger partial charge in [-0.15, -0.1) is 0 Å². The minimum absolute atomic E-state index is 0.263. The van der Waals surface area contributed by atoms with Crippen molar-refractivity contribution in [2.75, 3.05) is 23.7 Å². The van der Waals surface area contributed by atoms with Crippen LogP contribution in [0.15, 0.2) is 23.1 Å². The molecule has 0 fully saturated rings. The van der Waals surface area contributed by atoms with E-state index in [4.69, 9.17) is 0 Å². The first-order valence-electron chi connectivity index (χ1n) is 7.24. The van der Waals surface area contributed by atoms with Crippen molar-refractivity contribution in [2.24, 2.45) is 0 Å². The monoisotopic (exact) mass is 334 g/mol. The van der Waals surface area contributed by atoms with E-state index >= 15 is 0 Å². The number of anilines is 2. The van der Waals surface area contributed by atoms with Crippen LogP contribution in [0.2, 0.25) is 0 Å². The third kappa shape index (κ3) is 3.61. The molecule has 0 saturated heterocycles. The van der Waals surface area contributed by atoms with Gasteiger partial charge in [-0.3, -0.25) is 4.72 Å². The zero-order valence-electron chi connectivity index (χ0n) is 14.3. The normalized spacial score (nSPS) is 11.4. The average Bonchev–Trinajstić information content (AvgIpc) is 2.42. The van der Waals surface area contributed by atoms with Gasteiger partial charge in [0.2, 0.25) is 5.95 Å². The summed E-state index contributed by atoms with van der Waals surface area (Å²) in [5.41, 5.74) is 3.34. The summed E-state index contributed by atoms with van der Waals surface area (Å²) in [4.78, 5) is 10.7. The maximum Gasteiger partial charge on any atom is 0.262 e. The highest BCUT2D eigenvalue weighted by molar-refractivity contribution is 7.92. The van der Waals surface area contributed by atoms with E-state index in [1.54, 1.807) is 37.8 Å². The number of rotatable bonds is 4. The highest BCUT2D eigenvalue weighted by Crippen LogP contribution is 2.25. The van der Waals surface area contributed by atoms with Crippen LogP contribution in [0.25, 0.3) is 0 Å². The Hall–Kier alpha value is -2.15. The van der Waals surface area contributed by atoms with Crippen LogP contribution in [0.1, 0.15) is 22.5 Å². The van der Waals surface area contributed by atoms with E-state index in [1.807, 2.05) is 27.1 Å². The number of nitrogens with one attached hydrogen (secondary N) is 1. The molecule has 124 valence electrons. The number of sulfonamides is 1. The highest BCUT2D eigenvalue weighted by atomic mass is 32.2. The summed E-state index contributed by atoms with van der Waals surface area (Å²) in [6.07, 6.45) is 0. The lowest BCUT2D eigenvalue weighted by atomic mass is 10.2. The van der Waals surface area contributed by atoms with E-state index in [-0.39, 0.29) is 4.90 Å². The molecule has 1 N–H and O–H groups in total. The molecule has 6 nitrogen and oxygen atoms in total. The van der Waals surface area contributed by atoms with E-state index in [0.717, 1.165) is 5.56 Å². The Balaban J connectivity index is 2.45. The van der Waals surface area contributed by atoms with E-state index in [1.165, 1.54) is 0 Å². The van der Waals surface area contributed by atoms with Gasteiger partial charge in [0.25, 0.3) is 10.0 Å². The van der Waals surface area contributed by atoms with Crippen molar-refractivity contribution in [1.82, 2.24) is 9.97 Å². The molecule has 0 bridgehead atoms. The number of hydrogen-bond acceptors (Lipinski definition) is 5. The van der Waals surface area contributed by atoms with Crippen LogP contribution in [0.4, 0.5) is 11.6 Å². The molecule has 0 amide bonds. The van der Waals surface area contributed by atoms with Crippen molar-refractivity contribution in [3.8, 4) is 0 Å². The molecule has 0 saturated carbocycles. The molecule has 2 aromatic rings. The predicted molar refractivity (Wildman–Crippen MR) is 92.6 cm³/mol. The fraction of sp³-hybridized carbons (Fsp3) is 0.375. The molecule has 0 aliphatic rings. The Labute approximate surface area is 137 Å². The van der Waals surface area contributed by atoms with Crippen LogP contribution in [0.3, 0.4) is 0 Å². The minimum Gasteiger partial charge on any atom is -0.347 e. The first-order chi connectivity index (χ1) is 10.6.